The molecule has 3 nitrogen and oxygen atoms in total. The maximum absolute atomic E-state index is 8.99. The third-order valence-corrected chi connectivity index (χ3v) is 3.25. The average Bonchev–Trinajstić information content (AvgIpc) is 2.41. The summed E-state index contributed by atoms with van der Waals surface area (Å²) in [6.07, 6.45) is 0. The fourth-order valence-corrected chi connectivity index (χ4v) is 2.09. The Hall–Kier alpha value is -1.43. The van der Waals surface area contributed by atoms with Crippen LogP contribution in [0.25, 0.3) is 0 Å². The molecule has 0 aromatic heterocycles. The van der Waals surface area contributed by atoms with E-state index in [2.05, 4.69) is 15.9 Å². The lowest BCUT2D eigenvalue weighted by atomic mass is 10.2. The molecule has 0 amide bonds. The Morgan fingerprint density at radius 2 is 1.89 bits per heavy atom. The van der Waals surface area contributed by atoms with Gasteiger partial charge in [0.2, 0.25) is 0 Å². The third kappa shape index (κ3) is 3.53. The van der Waals surface area contributed by atoms with Crippen LogP contribution in [0.4, 0.5) is 0 Å². The topological polar surface area (TPSA) is 55.5 Å². The van der Waals surface area contributed by atoms with Crippen molar-refractivity contribution < 1.29 is 9.84 Å². The van der Waals surface area contributed by atoms with E-state index in [-0.39, 0.29) is 11.6 Å². The molecule has 0 spiro atoms. The first-order valence-corrected chi connectivity index (χ1v) is 6.77. The summed E-state index contributed by atoms with van der Waals surface area (Å²) in [5.41, 5.74) is 7.19. The van der Waals surface area contributed by atoms with Gasteiger partial charge >= 0.3 is 0 Å². The van der Waals surface area contributed by atoms with Crippen LogP contribution in [-0.4, -0.2) is 10.1 Å². The summed E-state index contributed by atoms with van der Waals surface area (Å²) in [6.45, 7) is 0.0106. The molecule has 0 radical (unpaired) electrons. The Bertz CT molecular complexity index is 599. The summed E-state index contributed by atoms with van der Waals surface area (Å²) < 4.78 is 6.64. The van der Waals surface area contributed by atoms with Crippen LogP contribution < -0.4 is 10.5 Å². The van der Waals surface area contributed by atoms with Gasteiger partial charge in [-0.25, -0.2) is 0 Å². The molecule has 0 aliphatic rings. The fraction of sp³-hybridized carbons (Fsp3) is 0.0714. The molecule has 0 unspecified atom stereocenters. The van der Waals surface area contributed by atoms with E-state index in [0.29, 0.717) is 17.1 Å². The number of hydrogen-bond donors (Lipinski definition) is 2. The molecule has 2 aromatic carbocycles. The standard InChI is InChI=1S/C14H12BrNO2S/c15-10-3-6-13(12(7-10)14(16)19)18-11-4-1-9(8-17)2-5-11/h1-7,17H,8H2,(H2,16,19). The van der Waals surface area contributed by atoms with Gasteiger partial charge in [0.05, 0.1) is 12.2 Å². The zero-order valence-electron chi connectivity index (χ0n) is 9.97. The lowest BCUT2D eigenvalue weighted by Crippen LogP contribution is -2.10. The zero-order chi connectivity index (χ0) is 13.8. The van der Waals surface area contributed by atoms with Gasteiger partial charge in [0.1, 0.15) is 16.5 Å². The van der Waals surface area contributed by atoms with Gasteiger partial charge in [-0.3, -0.25) is 0 Å². The van der Waals surface area contributed by atoms with Crippen LogP contribution in [-0.2, 0) is 6.61 Å². The smallest absolute Gasteiger partial charge is 0.137 e. The molecule has 3 N–H and O–H groups in total. The van der Waals surface area contributed by atoms with E-state index < -0.39 is 0 Å². The van der Waals surface area contributed by atoms with Crippen LogP contribution >= 0.6 is 28.1 Å². The highest BCUT2D eigenvalue weighted by Crippen LogP contribution is 2.28. The lowest BCUT2D eigenvalue weighted by molar-refractivity contribution is 0.281. The SMILES string of the molecule is NC(=S)c1cc(Br)ccc1Oc1ccc(CO)cc1. The number of ether oxygens (including phenoxy) is 1. The van der Waals surface area contributed by atoms with Gasteiger partial charge < -0.3 is 15.6 Å². The molecule has 0 aliphatic heterocycles. The van der Waals surface area contributed by atoms with Crippen molar-refractivity contribution in [3.05, 3.63) is 58.1 Å². The molecule has 0 fully saturated rings. The lowest BCUT2D eigenvalue weighted by Gasteiger charge is -2.11. The summed E-state index contributed by atoms with van der Waals surface area (Å²) in [5.74, 6) is 1.27. The van der Waals surface area contributed by atoms with Crippen LogP contribution in [0.1, 0.15) is 11.1 Å². The number of thiocarbonyl (C=S) groups is 1. The minimum atomic E-state index is 0.0106. The molecule has 0 aliphatic carbocycles. The summed E-state index contributed by atoms with van der Waals surface area (Å²) >= 11 is 8.38. The first kappa shape index (κ1) is 14.0. The van der Waals surface area contributed by atoms with Crippen molar-refractivity contribution in [3.8, 4) is 11.5 Å². The highest BCUT2D eigenvalue weighted by molar-refractivity contribution is 9.10. The van der Waals surface area contributed by atoms with Gasteiger partial charge in [-0.2, -0.15) is 0 Å². The number of aliphatic hydroxyl groups excluding tert-OH is 1. The van der Waals surface area contributed by atoms with Crippen molar-refractivity contribution in [1.82, 2.24) is 0 Å². The van der Waals surface area contributed by atoms with Crippen molar-refractivity contribution in [2.75, 3.05) is 0 Å². The van der Waals surface area contributed by atoms with E-state index in [9.17, 15) is 0 Å². The quantitative estimate of drug-likeness (QED) is 0.840. The van der Waals surface area contributed by atoms with Crippen molar-refractivity contribution >= 4 is 33.1 Å². The number of benzene rings is 2. The molecular weight excluding hydrogens is 326 g/mol. The van der Waals surface area contributed by atoms with Crippen LogP contribution in [0.2, 0.25) is 0 Å². The minimum absolute atomic E-state index is 0.0106. The monoisotopic (exact) mass is 337 g/mol. The predicted octanol–water partition coefficient (Wildman–Crippen LogP) is 3.37. The number of aliphatic hydroxyl groups is 1. The number of halogens is 1. The molecule has 0 bridgehead atoms. The highest BCUT2D eigenvalue weighted by Gasteiger charge is 2.08. The van der Waals surface area contributed by atoms with Crippen molar-refractivity contribution in [2.24, 2.45) is 5.73 Å². The Kier molecular flexibility index (Phi) is 4.52. The van der Waals surface area contributed by atoms with Crippen LogP contribution in [0, 0.1) is 0 Å². The van der Waals surface area contributed by atoms with Crippen molar-refractivity contribution in [3.63, 3.8) is 0 Å². The summed E-state index contributed by atoms with van der Waals surface area (Å²) in [7, 11) is 0. The molecular formula is C14H12BrNO2S. The van der Waals surface area contributed by atoms with Crippen LogP contribution in [0.15, 0.2) is 46.9 Å². The van der Waals surface area contributed by atoms with E-state index in [4.69, 9.17) is 27.8 Å². The molecule has 0 heterocycles. The van der Waals surface area contributed by atoms with Gasteiger partial charge in [-0.15, -0.1) is 0 Å². The Labute approximate surface area is 125 Å². The Morgan fingerprint density at radius 3 is 2.47 bits per heavy atom. The largest absolute Gasteiger partial charge is 0.457 e. The third-order valence-electron chi connectivity index (χ3n) is 2.54. The van der Waals surface area contributed by atoms with Gasteiger partial charge in [0.25, 0.3) is 0 Å². The first-order chi connectivity index (χ1) is 9.10. The number of rotatable bonds is 4. The molecule has 2 aromatic rings. The first-order valence-electron chi connectivity index (χ1n) is 5.57. The number of nitrogens with two attached hydrogens (primary N) is 1. The highest BCUT2D eigenvalue weighted by atomic mass is 79.9. The molecule has 98 valence electrons. The van der Waals surface area contributed by atoms with Crippen molar-refractivity contribution in [2.45, 2.75) is 6.61 Å². The summed E-state index contributed by atoms with van der Waals surface area (Å²) in [5, 5.41) is 8.99. The molecule has 0 atom stereocenters. The summed E-state index contributed by atoms with van der Waals surface area (Å²) in [6, 6.07) is 12.7. The van der Waals surface area contributed by atoms with E-state index in [1.54, 1.807) is 30.3 Å². The van der Waals surface area contributed by atoms with Crippen molar-refractivity contribution in [1.29, 1.82) is 0 Å². The van der Waals surface area contributed by atoms with Crippen LogP contribution in [0.5, 0.6) is 11.5 Å². The van der Waals surface area contributed by atoms with E-state index >= 15 is 0 Å². The Morgan fingerprint density at radius 1 is 1.21 bits per heavy atom. The van der Waals surface area contributed by atoms with Crippen LogP contribution in [0.3, 0.4) is 0 Å². The predicted molar refractivity (Wildman–Crippen MR) is 82.5 cm³/mol. The van der Waals surface area contributed by atoms with Gasteiger partial charge in [0.15, 0.2) is 0 Å². The molecule has 0 saturated heterocycles. The molecule has 19 heavy (non-hydrogen) atoms. The molecule has 2 rings (SSSR count). The van der Waals surface area contributed by atoms with Gasteiger partial charge in [-0.05, 0) is 35.9 Å². The van der Waals surface area contributed by atoms with E-state index in [0.717, 1.165) is 10.0 Å². The summed E-state index contributed by atoms with van der Waals surface area (Å²) in [4.78, 5) is 0.281. The average molecular weight is 338 g/mol. The molecule has 5 heteroatoms. The maximum atomic E-state index is 8.99. The number of hydrogen-bond acceptors (Lipinski definition) is 3. The van der Waals surface area contributed by atoms with E-state index in [1.165, 1.54) is 0 Å². The Balaban J connectivity index is 2.29. The second-order valence-corrected chi connectivity index (χ2v) is 5.26. The van der Waals surface area contributed by atoms with Gasteiger partial charge in [-0.1, -0.05) is 40.3 Å². The fourth-order valence-electron chi connectivity index (χ4n) is 1.57. The second-order valence-electron chi connectivity index (χ2n) is 3.91. The normalized spacial score (nSPS) is 10.2. The minimum Gasteiger partial charge on any atom is -0.457 e. The van der Waals surface area contributed by atoms with Gasteiger partial charge in [0, 0.05) is 4.47 Å². The second kappa shape index (κ2) is 6.14. The molecule has 0 saturated carbocycles. The zero-order valence-corrected chi connectivity index (χ0v) is 12.4. The van der Waals surface area contributed by atoms with E-state index in [1.807, 2.05) is 12.1 Å². The maximum Gasteiger partial charge on any atom is 0.137 e.